The third kappa shape index (κ3) is 14.3. The van der Waals surface area contributed by atoms with E-state index in [1.807, 2.05) is 0 Å². The van der Waals surface area contributed by atoms with E-state index >= 15 is 0 Å². The fourth-order valence-electron chi connectivity index (χ4n) is 2.91. The van der Waals surface area contributed by atoms with Crippen LogP contribution in [0.1, 0.15) is 18.4 Å². The number of benzene rings is 1. The highest BCUT2D eigenvalue weighted by Crippen LogP contribution is 2.43. The highest BCUT2D eigenvalue weighted by atomic mass is 35.5. The van der Waals surface area contributed by atoms with Gasteiger partial charge in [-0.05, 0) is 31.2 Å². The lowest BCUT2D eigenvalue weighted by Crippen LogP contribution is -2.36. The van der Waals surface area contributed by atoms with Crippen molar-refractivity contribution >= 4 is 47.7 Å². The summed E-state index contributed by atoms with van der Waals surface area (Å²) in [4.78, 5) is 28.5. The van der Waals surface area contributed by atoms with Gasteiger partial charge in [-0.3, -0.25) is 18.2 Å². The maximum atomic E-state index is 12.7. The molecule has 0 spiro atoms. The van der Waals surface area contributed by atoms with E-state index in [0.717, 1.165) is 0 Å². The van der Waals surface area contributed by atoms with Crippen LogP contribution in [0.15, 0.2) is 24.3 Å². The molecule has 0 saturated heterocycles. The van der Waals surface area contributed by atoms with Gasteiger partial charge in [-0.25, -0.2) is 10.2 Å². The molecule has 18 heteroatoms. The molecule has 0 heterocycles. The average molecular weight is 616 g/mol. The minimum atomic E-state index is -3.58. The van der Waals surface area contributed by atoms with Crippen molar-refractivity contribution < 1.29 is 47.2 Å². The minimum absolute atomic E-state index is 0.00582. The molecular formula is C18H34Cl2N3O10P3. The number of nitrogens with zero attached hydrogens (tertiary/aromatic N) is 2. The van der Waals surface area contributed by atoms with Gasteiger partial charge in [0.1, 0.15) is 5.75 Å². The highest BCUT2D eigenvalue weighted by molar-refractivity contribution is 7.53. The van der Waals surface area contributed by atoms with Crippen molar-refractivity contribution in [1.29, 1.82) is 0 Å². The summed E-state index contributed by atoms with van der Waals surface area (Å²) in [6.45, 7) is 1.60. The quantitative estimate of drug-likeness (QED) is 0.0624. The molecule has 0 aliphatic rings. The van der Waals surface area contributed by atoms with Gasteiger partial charge < -0.3 is 33.9 Å². The van der Waals surface area contributed by atoms with Gasteiger partial charge >= 0.3 is 24.5 Å². The Balaban J connectivity index is 2.48. The average Bonchev–Trinajstić information content (AvgIpc) is 2.78. The van der Waals surface area contributed by atoms with Crippen molar-refractivity contribution in [3.8, 4) is 5.75 Å². The Bertz CT molecular complexity index is 841. The number of halogens is 2. The van der Waals surface area contributed by atoms with E-state index in [0.29, 0.717) is 30.9 Å². The summed E-state index contributed by atoms with van der Waals surface area (Å²) in [5, 5.41) is 10.0. The van der Waals surface area contributed by atoms with Crippen LogP contribution in [0.4, 0.5) is 0 Å². The number of hydrogen-bond donors (Lipinski definition) is 5. The first-order chi connectivity index (χ1) is 16.9. The molecule has 0 aliphatic carbocycles. The molecule has 1 aromatic rings. The van der Waals surface area contributed by atoms with E-state index in [1.54, 1.807) is 36.2 Å². The summed E-state index contributed by atoms with van der Waals surface area (Å²) >= 11 is 11.5. The van der Waals surface area contributed by atoms with Gasteiger partial charge in [0.25, 0.3) is 5.97 Å². The zero-order chi connectivity index (χ0) is 27.2. The number of nitrogens with two attached hydrogens (primary N) is 1. The first-order valence-electron chi connectivity index (χ1n) is 10.7. The molecule has 3 atom stereocenters. The molecule has 210 valence electrons. The van der Waals surface area contributed by atoms with Gasteiger partial charge in [-0.1, -0.05) is 12.1 Å². The Kier molecular flexibility index (Phi) is 16.7. The SMILES string of the molecule is CN(CCCOc1cccc(COP(N)(=O)N(CCCl)CCCl)c1)CCC(O)(OP(O)O)O[PH](=O)O. The van der Waals surface area contributed by atoms with Crippen molar-refractivity contribution in [3.05, 3.63) is 29.8 Å². The molecule has 0 fully saturated rings. The molecule has 3 unspecified atom stereocenters. The Morgan fingerprint density at radius 2 is 1.86 bits per heavy atom. The molecule has 0 amide bonds. The normalized spacial score (nSPS) is 16.3. The Hall–Kier alpha value is 0.0900. The number of aliphatic hydroxyl groups is 1. The van der Waals surface area contributed by atoms with E-state index in [1.165, 1.54) is 4.67 Å². The first-order valence-corrected chi connectivity index (χ1v) is 15.9. The summed E-state index contributed by atoms with van der Waals surface area (Å²) in [7, 11) is -8.42. The van der Waals surface area contributed by atoms with Crippen LogP contribution < -0.4 is 10.2 Å². The van der Waals surface area contributed by atoms with Gasteiger partial charge in [0.2, 0.25) is 0 Å². The first kappa shape index (κ1) is 34.1. The third-order valence-electron chi connectivity index (χ3n) is 4.63. The van der Waals surface area contributed by atoms with Crippen LogP contribution >= 0.6 is 47.7 Å². The fraction of sp³-hybridized carbons (Fsp3) is 0.667. The lowest BCUT2D eigenvalue weighted by molar-refractivity contribution is -0.280. The van der Waals surface area contributed by atoms with Crippen LogP contribution in [0.2, 0.25) is 0 Å². The number of ether oxygens (including phenoxy) is 1. The van der Waals surface area contributed by atoms with Crippen LogP contribution in [0.3, 0.4) is 0 Å². The minimum Gasteiger partial charge on any atom is -0.494 e. The maximum Gasteiger partial charge on any atom is 0.341 e. The highest BCUT2D eigenvalue weighted by Gasteiger charge is 2.35. The molecule has 1 rings (SSSR count). The summed E-state index contributed by atoms with van der Waals surface area (Å²) in [5.41, 5.74) is 6.58. The van der Waals surface area contributed by atoms with Gasteiger partial charge in [0, 0.05) is 44.4 Å². The standard InChI is InChI=1S/C18H34Cl2N3O10P3/c1-22(10-6-18(24,32-34(25)26)33-35(27)28)9-3-13-30-17-5-2-4-16(14-17)15-31-36(21,29)23(11-7-19)12-8-20/h2,4-5,14,24-26,35H,3,6-13,15H2,1H3,(H2,21,29)(H,27,28). The second-order valence-electron chi connectivity index (χ2n) is 7.50. The smallest absolute Gasteiger partial charge is 0.341 e. The van der Waals surface area contributed by atoms with Crippen molar-refractivity contribution in [2.24, 2.45) is 5.50 Å². The topological polar surface area (TPSA) is 184 Å². The lowest BCUT2D eigenvalue weighted by atomic mass is 10.2. The molecule has 36 heavy (non-hydrogen) atoms. The molecule has 0 bridgehead atoms. The largest absolute Gasteiger partial charge is 0.494 e. The Labute approximate surface area is 222 Å². The van der Waals surface area contributed by atoms with Crippen LogP contribution in [0.5, 0.6) is 5.75 Å². The van der Waals surface area contributed by atoms with Gasteiger partial charge in [0.15, 0.2) is 0 Å². The Morgan fingerprint density at radius 3 is 2.44 bits per heavy atom. The van der Waals surface area contributed by atoms with Crippen LogP contribution in [-0.2, 0) is 29.3 Å². The predicted molar refractivity (Wildman–Crippen MR) is 138 cm³/mol. The Morgan fingerprint density at radius 1 is 1.19 bits per heavy atom. The second kappa shape index (κ2) is 17.6. The molecule has 0 aromatic heterocycles. The van der Waals surface area contributed by atoms with Gasteiger partial charge in [-0.15, -0.1) is 23.2 Å². The van der Waals surface area contributed by atoms with E-state index in [2.05, 4.69) is 9.05 Å². The summed E-state index contributed by atoms with van der Waals surface area (Å²) < 4.78 is 45.1. The van der Waals surface area contributed by atoms with Crippen LogP contribution in [0, 0.1) is 0 Å². The molecule has 0 aliphatic heterocycles. The van der Waals surface area contributed by atoms with Crippen LogP contribution in [0.25, 0.3) is 0 Å². The van der Waals surface area contributed by atoms with E-state index in [4.69, 9.17) is 52.6 Å². The molecule has 6 N–H and O–H groups in total. The predicted octanol–water partition coefficient (Wildman–Crippen LogP) is 2.41. The summed E-state index contributed by atoms with van der Waals surface area (Å²) in [5.74, 6) is -1.54. The molecule has 1 aromatic carbocycles. The zero-order valence-electron chi connectivity index (χ0n) is 19.7. The van der Waals surface area contributed by atoms with E-state index in [9.17, 15) is 14.2 Å². The third-order valence-corrected chi connectivity index (χ3v) is 7.60. The number of hydrogen-bond acceptors (Lipinski definition) is 10. The van der Waals surface area contributed by atoms with Gasteiger partial charge in [-0.2, -0.15) is 0 Å². The van der Waals surface area contributed by atoms with Crippen LogP contribution in [-0.4, -0.2) is 86.9 Å². The molecule has 0 radical (unpaired) electrons. The van der Waals surface area contributed by atoms with Crippen molar-refractivity contribution in [3.63, 3.8) is 0 Å². The summed E-state index contributed by atoms with van der Waals surface area (Å²) in [6.07, 6.45) is 0.284. The van der Waals surface area contributed by atoms with Crippen molar-refractivity contribution in [2.45, 2.75) is 25.4 Å². The van der Waals surface area contributed by atoms with E-state index < -0.39 is 30.5 Å². The lowest BCUT2D eigenvalue weighted by Gasteiger charge is -2.28. The van der Waals surface area contributed by atoms with Crippen molar-refractivity contribution in [2.75, 3.05) is 51.6 Å². The van der Waals surface area contributed by atoms with Crippen molar-refractivity contribution in [1.82, 2.24) is 9.57 Å². The monoisotopic (exact) mass is 615 g/mol. The fourth-order valence-corrected chi connectivity index (χ4v) is 5.68. The number of alkyl halides is 2. The van der Waals surface area contributed by atoms with Gasteiger partial charge in [0.05, 0.1) is 13.2 Å². The molecule has 13 nitrogen and oxygen atoms in total. The second-order valence-corrected chi connectivity index (χ2v) is 11.6. The molecular weight excluding hydrogens is 582 g/mol. The maximum absolute atomic E-state index is 12.7. The zero-order valence-corrected chi connectivity index (χ0v) is 24.0. The van der Waals surface area contributed by atoms with E-state index in [-0.39, 0.29) is 44.4 Å². The molecule has 0 saturated carbocycles. The number of rotatable bonds is 20. The summed E-state index contributed by atoms with van der Waals surface area (Å²) in [6, 6.07) is 7.05.